The van der Waals surface area contributed by atoms with Crippen LogP contribution in [-0.4, -0.2) is 47.8 Å². The Morgan fingerprint density at radius 1 is 1.31 bits per heavy atom. The first-order valence-electron chi connectivity index (χ1n) is 7.75. The van der Waals surface area contributed by atoms with Gasteiger partial charge in [-0.15, -0.1) is 0 Å². The third-order valence-electron chi connectivity index (χ3n) is 3.25. The van der Waals surface area contributed by atoms with Crippen molar-refractivity contribution in [2.45, 2.75) is 36.5 Å². The van der Waals surface area contributed by atoms with Crippen molar-refractivity contribution in [3.05, 3.63) is 24.0 Å². The van der Waals surface area contributed by atoms with Crippen LogP contribution in [0.2, 0.25) is 0 Å². The molecule has 2 rings (SSSR count). The molecule has 0 unspecified atom stereocenters. The molecule has 1 amide bonds. The Balaban J connectivity index is 2.28. The van der Waals surface area contributed by atoms with Crippen molar-refractivity contribution in [2.75, 3.05) is 18.5 Å². The number of anilines is 1. The predicted molar refractivity (Wildman–Crippen MR) is 100 cm³/mol. The van der Waals surface area contributed by atoms with Crippen LogP contribution in [0.3, 0.4) is 0 Å². The molecule has 2 heterocycles. The van der Waals surface area contributed by atoms with Gasteiger partial charge in [0.05, 0.1) is 18.8 Å². The monoisotopic (exact) mass is 423 g/mol. The molecule has 0 spiro atoms. The summed E-state index contributed by atoms with van der Waals surface area (Å²) in [6.07, 6.45) is 0.919. The zero-order valence-electron chi connectivity index (χ0n) is 14.5. The number of amides is 1. The van der Waals surface area contributed by atoms with E-state index in [9.17, 15) is 4.79 Å². The molecule has 0 saturated heterocycles. The van der Waals surface area contributed by atoms with E-state index < -0.39 is 16.5 Å². The fraction of sp³-hybridized carbons (Fsp3) is 0.533. The van der Waals surface area contributed by atoms with Gasteiger partial charge in [0.15, 0.2) is 5.82 Å². The molecule has 0 aliphatic carbocycles. The van der Waals surface area contributed by atoms with E-state index in [1.165, 1.54) is 4.68 Å². The molecular weight excluding hydrogens is 405 g/mol. The van der Waals surface area contributed by atoms with Gasteiger partial charge in [-0.1, -0.05) is 55.6 Å². The number of ether oxygens (including phenoxy) is 1. The van der Waals surface area contributed by atoms with Crippen LogP contribution in [0.1, 0.15) is 26.5 Å². The van der Waals surface area contributed by atoms with Crippen LogP contribution in [0.15, 0.2) is 18.3 Å². The Morgan fingerprint density at radius 3 is 2.58 bits per heavy atom. The number of aliphatic hydroxyl groups excluding tert-OH is 1. The second-order valence-electron chi connectivity index (χ2n) is 6.55. The molecule has 0 radical (unpaired) electrons. The summed E-state index contributed by atoms with van der Waals surface area (Å²) in [7, 11) is 0. The highest BCUT2D eigenvalue weighted by molar-refractivity contribution is 6.67. The highest BCUT2D eigenvalue weighted by atomic mass is 35.6. The maximum Gasteiger partial charge on any atom is 0.412 e. The van der Waals surface area contributed by atoms with Crippen molar-refractivity contribution >= 4 is 46.7 Å². The number of aromatic nitrogens is 4. The van der Waals surface area contributed by atoms with Crippen LogP contribution in [0, 0.1) is 0 Å². The number of hydrogen-bond acceptors (Lipinski definition) is 5. The van der Waals surface area contributed by atoms with Crippen molar-refractivity contribution in [1.82, 2.24) is 19.6 Å². The Kier molecular flexibility index (Phi) is 6.44. The first kappa shape index (κ1) is 20.8. The largest absolute Gasteiger partial charge is 0.445 e. The van der Waals surface area contributed by atoms with Crippen molar-refractivity contribution in [3.63, 3.8) is 0 Å². The molecule has 11 heteroatoms. The highest BCUT2D eigenvalue weighted by Gasteiger charge is 2.25. The molecule has 0 aliphatic rings. The van der Waals surface area contributed by atoms with Crippen LogP contribution in [0.4, 0.5) is 10.6 Å². The minimum atomic E-state index is -1.70. The van der Waals surface area contributed by atoms with Gasteiger partial charge in [0.1, 0.15) is 12.4 Å². The van der Waals surface area contributed by atoms with Gasteiger partial charge in [-0.05, 0) is 0 Å². The number of hydrogen-bond donors (Lipinski definition) is 2. The third-order valence-corrected chi connectivity index (χ3v) is 3.57. The molecule has 0 aliphatic heterocycles. The van der Waals surface area contributed by atoms with Crippen LogP contribution in [0.5, 0.6) is 0 Å². The minimum absolute atomic E-state index is 0.0398. The van der Waals surface area contributed by atoms with Gasteiger partial charge in [0.2, 0.25) is 3.79 Å². The number of carbonyl (C=O) groups excluding carboxylic acids is 1. The molecule has 0 atom stereocenters. The number of rotatable bonds is 5. The second kappa shape index (κ2) is 8.04. The van der Waals surface area contributed by atoms with Crippen molar-refractivity contribution in [1.29, 1.82) is 0 Å². The fourth-order valence-electron chi connectivity index (χ4n) is 1.99. The molecule has 2 N–H and O–H groups in total. The normalized spacial score (nSPS) is 12.3. The molecule has 26 heavy (non-hydrogen) atoms. The van der Waals surface area contributed by atoms with Gasteiger partial charge in [-0.2, -0.15) is 14.9 Å². The quantitative estimate of drug-likeness (QED) is 0.718. The lowest BCUT2D eigenvalue weighted by atomic mass is 9.92. The van der Waals surface area contributed by atoms with E-state index in [-0.39, 0.29) is 12.0 Å². The van der Waals surface area contributed by atoms with E-state index in [0.29, 0.717) is 18.2 Å². The number of carbonyl (C=O) groups is 1. The number of aliphatic hydroxyl groups is 1. The second-order valence-corrected chi connectivity index (χ2v) is 9.07. The van der Waals surface area contributed by atoms with E-state index in [2.05, 4.69) is 15.5 Å². The standard InChI is InChI=1S/C15H20Cl3N5O3/c1-14(2,3)10-8-12(19-13(25)26-9-15(16,17)18)23(20-10)11-4-5-22(21-11)6-7-24/h4-5,8,24H,6-7,9H2,1-3H3,(H,19,25). The van der Waals surface area contributed by atoms with E-state index in [4.69, 9.17) is 44.6 Å². The Morgan fingerprint density at radius 2 is 2.00 bits per heavy atom. The lowest BCUT2D eigenvalue weighted by Crippen LogP contribution is -2.22. The molecule has 2 aromatic rings. The molecule has 0 saturated carbocycles. The van der Waals surface area contributed by atoms with E-state index in [0.717, 1.165) is 5.69 Å². The van der Waals surface area contributed by atoms with Crippen molar-refractivity contribution in [3.8, 4) is 5.82 Å². The summed E-state index contributed by atoms with van der Waals surface area (Å²) in [4.78, 5) is 12.0. The summed E-state index contributed by atoms with van der Waals surface area (Å²) in [6, 6.07) is 3.44. The van der Waals surface area contributed by atoms with Gasteiger partial charge in [0.25, 0.3) is 0 Å². The molecule has 8 nitrogen and oxygen atoms in total. The topological polar surface area (TPSA) is 94.2 Å². The maximum absolute atomic E-state index is 12.0. The molecular formula is C15H20Cl3N5O3. The summed E-state index contributed by atoms with van der Waals surface area (Å²) < 4.78 is 6.24. The van der Waals surface area contributed by atoms with E-state index in [1.54, 1.807) is 23.0 Å². The lowest BCUT2D eigenvalue weighted by molar-refractivity contribution is 0.163. The average Bonchev–Trinajstić information content (AvgIpc) is 3.11. The van der Waals surface area contributed by atoms with Crippen LogP contribution < -0.4 is 5.32 Å². The van der Waals surface area contributed by atoms with Crippen molar-refractivity contribution in [2.24, 2.45) is 0 Å². The number of halogens is 3. The molecule has 2 aromatic heterocycles. The Labute approximate surface area is 166 Å². The summed E-state index contributed by atoms with van der Waals surface area (Å²) in [5, 5.41) is 20.4. The summed E-state index contributed by atoms with van der Waals surface area (Å²) in [5.41, 5.74) is 0.488. The van der Waals surface area contributed by atoms with Gasteiger partial charge in [-0.25, -0.2) is 4.79 Å². The Bertz CT molecular complexity index is 761. The summed E-state index contributed by atoms with van der Waals surface area (Å²) in [5.74, 6) is 0.837. The van der Waals surface area contributed by atoms with E-state index >= 15 is 0 Å². The van der Waals surface area contributed by atoms with Crippen LogP contribution in [0.25, 0.3) is 5.82 Å². The predicted octanol–water partition coefficient (Wildman–Crippen LogP) is 3.28. The van der Waals surface area contributed by atoms with Gasteiger partial charge >= 0.3 is 6.09 Å². The summed E-state index contributed by atoms with van der Waals surface area (Å²) >= 11 is 16.7. The fourth-order valence-corrected chi connectivity index (χ4v) is 2.15. The minimum Gasteiger partial charge on any atom is -0.445 e. The molecule has 0 fully saturated rings. The highest BCUT2D eigenvalue weighted by Crippen LogP contribution is 2.27. The zero-order chi connectivity index (χ0) is 19.5. The average molecular weight is 425 g/mol. The number of nitrogens with zero attached hydrogens (tertiary/aromatic N) is 4. The number of nitrogens with one attached hydrogen (secondary N) is 1. The summed E-state index contributed by atoms with van der Waals surface area (Å²) in [6.45, 7) is 5.90. The SMILES string of the molecule is CC(C)(C)c1cc(NC(=O)OCC(Cl)(Cl)Cl)n(-c2ccn(CCO)n2)n1. The maximum atomic E-state index is 12.0. The van der Waals surface area contributed by atoms with Gasteiger partial charge in [-0.3, -0.25) is 10.00 Å². The van der Waals surface area contributed by atoms with E-state index in [1.807, 2.05) is 20.8 Å². The third kappa shape index (κ3) is 5.77. The lowest BCUT2D eigenvalue weighted by Gasteiger charge is -2.13. The number of alkyl halides is 3. The molecule has 0 aromatic carbocycles. The first-order valence-corrected chi connectivity index (χ1v) is 8.89. The van der Waals surface area contributed by atoms with Crippen LogP contribution in [-0.2, 0) is 16.7 Å². The Hall–Kier alpha value is -1.48. The smallest absolute Gasteiger partial charge is 0.412 e. The molecule has 144 valence electrons. The first-order chi connectivity index (χ1) is 12.0. The van der Waals surface area contributed by atoms with Crippen LogP contribution >= 0.6 is 34.8 Å². The van der Waals surface area contributed by atoms with Gasteiger partial charge < -0.3 is 9.84 Å². The van der Waals surface area contributed by atoms with Crippen molar-refractivity contribution < 1.29 is 14.6 Å². The zero-order valence-corrected chi connectivity index (χ0v) is 16.8. The van der Waals surface area contributed by atoms with Gasteiger partial charge in [0, 0.05) is 23.7 Å². The molecule has 0 bridgehead atoms.